The van der Waals surface area contributed by atoms with Gasteiger partial charge in [-0.15, -0.1) is 11.6 Å². The normalized spacial score (nSPS) is 16.7. The predicted molar refractivity (Wildman–Crippen MR) is 132 cm³/mol. The van der Waals surface area contributed by atoms with Crippen molar-refractivity contribution in [3.8, 4) is 11.1 Å². The zero-order chi connectivity index (χ0) is 22.5. The minimum absolute atomic E-state index is 0.0507. The molecule has 0 bridgehead atoms. The van der Waals surface area contributed by atoms with Gasteiger partial charge in [0.15, 0.2) is 0 Å². The first-order chi connectivity index (χ1) is 15.6. The molecule has 4 rings (SSSR count). The van der Waals surface area contributed by atoms with Gasteiger partial charge in [-0.2, -0.15) is 0 Å². The molecule has 1 heterocycles. The van der Waals surface area contributed by atoms with Crippen molar-refractivity contribution in [2.45, 2.75) is 18.5 Å². The molecule has 2 amide bonds. The van der Waals surface area contributed by atoms with Crippen LogP contribution in [0.15, 0.2) is 78.9 Å². The number of urea groups is 1. The van der Waals surface area contributed by atoms with Crippen LogP contribution in [0, 0.1) is 0 Å². The average Bonchev–Trinajstić information content (AvgIpc) is 2.84. The lowest BCUT2D eigenvalue weighted by Crippen LogP contribution is -2.52. The molecular weight excluding hydrogens is 418 g/mol. The Bertz CT molecular complexity index is 1040. The fraction of sp³-hybridized carbons (Fsp3) is 0.296. The van der Waals surface area contributed by atoms with Crippen molar-refractivity contribution in [3.05, 3.63) is 95.6 Å². The molecule has 166 valence electrons. The Balaban J connectivity index is 1.49. The molecule has 0 N–H and O–H groups in total. The SMILES string of the molecule is CN(C)C(=O)N1CCN(Cc2ccc(-c3ccccc3CCl)cc2)CC1c1ccccc1. The van der Waals surface area contributed by atoms with E-state index in [9.17, 15) is 4.79 Å². The second kappa shape index (κ2) is 10.2. The van der Waals surface area contributed by atoms with Crippen molar-refractivity contribution in [3.63, 3.8) is 0 Å². The van der Waals surface area contributed by atoms with E-state index in [0.29, 0.717) is 5.88 Å². The highest BCUT2D eigenvalue weighted by atomic mass is 35.5. The van der Waals surface area contributed by atoms with Gasteiger partial charge in [-0.25, -0.2) is 4.79 Å². The van der Waals surface area contributed by atoms with Crippen molar-refractivity contribution in [1.82, 2.24) is 14.7 Å². The molecule has 0 radical (unpaired) electrons. The third kappa shape index (κ3) is 4.98. The number of rotatable bonds is 5. The quantitative estimate of drug-likeness (QED) is 0.473. The number of alkyl halides is 1. The number of nitrogens with zero attached hydrogens (tertiary/aromatic N) is 3. The number of carbonyl (C=O) groups is 1. The fourth-order valence-corrected chi connectivity index (χ4v) is 4.63. The van der Waals surface area contributed by atoms with E-state index >= 15 is 0 Å². The minimum Gasteiger partial charge on any atom is -0.331 e. The largest absolute Gasteiger partial charge is 0.331 e. The molecule has 1 unspecified atom stereocenters. The summed E-state index contributed by atoms with van der Waals surface area (Å²) >= 11 is 6.12. The molecule has 0 spiro atoms. The molecule has 5 heteroatoms. The Hall–Kier alpha value is -2.82. The van der Waals surface area contributed by atoms with E-state index in [-0.39, 0.29) is 12.1 Å². The molecule has 4 nitrogen and oxygen atoms in total. The first kappa shape index (κ1) is 22.4. The van der Waals surface area contributed by atoms with Gasteiger partial charge in [0.25, 0.3) is 0 Å². The molecule has 3 aromatic carbocycles. The van der Waals surface area contributed by atoms with E-state index in [1.807, 2.05) is 43.3 Å². The summed E-state index contributed by atoms with van der Waals surface area (Å²) in [6, 6.07) is 27.5. The van der Waals surface area contributed by atoms with Crippen molar-refractivity contribution in [2.75, 3.05) is 33.7 Å². The van der Waals surface area contributed by atoms with Crippen molar-refractivity contribution in [2.24, 2.45) is 0 Å². The van der Waals surface area contributed by atoms with Gasteiger partial charge in [-0.1, -0.05) is 78.9 Å². The van der Waals surface area contributed by atoms with Crippen molar-refractivity contribution in [1.29, 1.82) is 0 Å². The summed E-state index contributed by atoms with van der Waals surface area (Å²) in [4.78, 5) is 18.9. The molecule has 0 saturated carbocycles. The van der Waals surface area contributed by atoms with Crippen LogP contribution in [-0.2, 0) is 12.4 Å². The molecule has 3 aromatic rings. The van der Waals surface area contributed by atoms with E-state index < -0.39 is 0 Å². The number of benzene rings is 3. The Kier molecular flexibility index (Phi) is 7.13. The van der Waals surface area contributed by atoms with E-state index in [4.69, 9.17) is 11.6 Å². The molecule has 0 aromatic heterocycles. The standard InChI is InChI=1S/C27H30ClN3O/c1-29(2)27(32)31-17-16-30(20-26(31)23-8-4-3-5-9-23)19-21-12-14-22(15-13-21)25-11-7-6-10-24(25)18-28/h3-15,26H,16-20H2,1-2H3. The second-order valence-electron chi connectivity index (χ2n) is 8.52. The van der Waals surface area contributed by atoms with E-state index in [1.54, 1.807) is 4.90 Å². The Labute approximate surface area is 196 Å². The van der Waals surface area contributed by atoms with Gasteiger partial charge in [-0.3, -0.25) is 4.90 Å². The van der Waals surface area contributed by atoms with Crippen LogP contribution >= 0.6 is 11.6 Å². The zero-order valence-electron chi connectivity index (χ0n) is 18.7. The molecule has 0 aliphatic carbocycles. The summed E-state index contributed by atoms with van der Waals surface area (Å²) in [7, 11) is 3.64. The number of hydrogen-bond donors (Lipinski definition) is 0. The predicted octanol–water partition coefficient (Wildman–Crippen LogP) is 5.63. The molecule has 1 fully saturated rings. The molecule has 1 aliphatic rings. The van der Waals surface area contributed by atoms with Gasteiger partial charge >= 0.3 is 6.03 Å². The summed E-state index contributed by atoms with van der Waals surface area (Å²) in [5, 5.41) is 0. The maximum Gasteiger partial charge on any atom is 0.320 e. The molecular formula is C27H30ClN3O. The monoisotopic (exact) mass is 447 g/mol. The zero-order valence-corrected chi connectivity index (χ0v) is 19.5. The van der Waals surface area contributed by atoms with Gasteiger partial charge < -0.3 is 9.80 Å². The highest BCUT2D eigenvalue weighted by Crippen LogP contribution is 2.28. The lowest BCUT2D eigenvalue weighted by atomic mass is 9.99. The van der Waals surface area contributed by atoms with Gasteiger partial charge in [0, 0.05) is 46.2 Å². The van der Waals surface area contributed by atoms with Gasteiger partial charge in [0.1, 0.15) is 0 Å². The van der Waals surface area contributed by atoms with Crippen LogP contribution in [-0.4, -0.2) is 54.5 Å². The van der Waals surface area contributed by atoms with Crippen LogP contribution in [0.1, 0.15) is 22.7 Å². The summed E-state index contributed by atoms with van der Waals surface area (Å²) < 4.78 is 0. The lowest BCUT2D eigenvalue weighted by molar-refractivity contribution is 0.0776. The topological polar surface area (TPSA) is 26.8 Å². The van der Waals surface area contributed by atoms with Gasteiger partial charge in [0.2, 0.25) is 0 Å². The highest BCUT2D eigenvalue weighted by molar-refractivity contribution is 6.17. The summed E-state index contributed by atoms with van der Waals surface area (Å²) in [5.41, 5.74) is 5.98. The van der Waals surface area contributed by atoms with Crippen LogP contribution in [0.25, 0.3) is 11.1 Å². The van der Waals surface area contributed by atoms with Crippen molar-refractivity contribution < 1.29 is 4.79 Å². The number of carbonyl (C=O) groups excluding carboxylic acids is 1. The Morgan fingerprint density at radius 2 is 1.62 bits per heavy atom. The van der Waals surface area contributed by atoms with E-state index in [0.717, 1.165) is 31.7 Å². The first-order valence-electron chi connectivity index (χ1n) is 11.0. The smallest absolute Gasteiger partial charge is 0.320 e. The summed E-state index contributed by atoms with van der Waals surface area (Å²) in [6.07, 6.45) is 0. The van der Waals surface area contributed by atoms with E-state index in [2.05, 4.69) is 59.5 Å². The third-order valence-electron chi connectivity index (χ3n) is 6.11. The molecule has 32 heavy (non-hydrogen) atoms. The Morgan fingerprint density at radius 1 is 0.938 bits per heavy atom. The van der Waals surface area contributed by atoms with Crippen LogP contribution in [0.2, 0.25) is 0 Å². The second-order valence-corrected chi connectivity index (χ2v) is 8.79. The van der Waals surface area contributed by atoms with Gasteiger partial charge in [-0.05, 0) is 27.8 Å². The van der Waals surface area contributed by atoms with Crippen LogP contribution in [0.4, 0.5) is 4.79 Å². The highest BCUT2D eigenvalue weighted by Gasteiger charge is 2.32. The molecule has 1 aliphatic heterocycles. The van der Waals surface area contributed by atoms with Crippen LogP contribution in [0.3, 0.4) is 0 Å². The molecule has 1 atom stereocenters. The average molecular weight is 448 g/mol. The van der Waals surface area contributed by atoms with E-state index in [1.165, 1.54) is 22.3 Å². The number of piperazine rings is 1. The Morgan fingerprint density at radius 3 is 2.31 bits per heavy atom. The maximum absolute atomic E-state index is 12.8. The first-order valence-corrected chi connectivity index (χ1v) is 11.6. The van der Waals surface area contributed by atoms with Gasteiger partial charge in [0.05, 0.1) is 6.04 Å². The van der Waals surface area contributed by atoms with Crippen LogP contribution in [0.5, 0.6) is 0 Å². The number of amides is 2. The van der Waals surface area contributed by atoms with Crippen molar-refractivity contribution >= 4 is 17.6 Å². The minimum atomic E-state index is 0.0507. The summed E-state index contributed by atoms with van der Waals surface area (Å²) in [5.74, 6) is 0.509. The maximum atomic E-state index is 12.8. The number of halogens is 1. The lowest BCUT2D eigenvalue weighted by Gasteiger charge is -2.42. The third-order valence-corrected chi connectivity index (χ3v) is 6.40. The molecule has 1 saturated heterocycles. The van der Waals surface area contributed by atoms with Crippen LogP contribution < -0.4 is 0 Å². The number of hydrogen-bond acceptors (Lipinski definition) is 2. The fourth-order valence-electron chi connectivity index (χ4n) is 4.40. The summed E-state index contributed by atoms with van der Waals surface area (Å²) in [6.45, 7) is 3.27.